The highest BCUT2D eigenvalue weighted by molar-refractivity contribution is 7.16. The van der Waals surface area contributed by atoms with E-state index >= 15 is 4.39 Å². The number of rotatable bonds is 10. The van der Waals surface area contributed by atoms with E-state index in [-0.39, 0.29) is 17.4 Å². The van der Waals surface area contributed by atoms with E-state index < -0.39 is 12.0 Å². The fraction of sp³-hybridized carbons (Fsp3) is 0.606. The lowest BCUT2D eigenvalue weighted by molar-refractivity contribution is 0.271. The number of thiophene rings is 1. The Labute approximate surface area is 271 Å². The van der Waals surface area contributed by atoms with E-state index in [9.17, 15) is 9.65 Å². The Morgan fingerprint density at radius 1 is 1.09 bits per heavy atom. The number of nitriles is 1. The summed E-state index contributed by atoms with van der Waals surface area (Å²) in [6, 6.07) is 4.96. The second-order valence-corrected chi connectivity index (χ2v) is 14.6. The Bertz CT molecular complexity index is 1600. The quantitative estimate of drug-likeness (QED) is 0.244. The molecule has 3 N–H and O–H groups in total. The number of ether oxygens (including phenoxy) is 1. The minimum Gasteiger partial charge on any atom is -0.463 e. The van der Waals surface area contributed by atoms with E-state index in [0.717, 1.165) is 88.0 Å². The number of piperazine rings is 1. The predicted molar refractivity (Wildman–Crippen MR) is 175 cm³/mol. The molecule has 5 heterocycles. The molecule has 2 bridgehead atoms. The topological polar surface area (TPSA) is 103 Å². The number of alkyl halides is 1. The number of hydrogen-bond donors (Lipinski definition) is 2. The van der Waals surface area contributed by atoms with Crippen LogP contribution in [0.25, 0.3) is 10.9 Å². The van der Waals surface area contributed by atoms with Crippen molar-refractivity contribution in [2.45, 2.75) is 88.4 Å². The molecular formula is C33H40ClF2N7OS. The van der Waals surface area contributed by atoms with Crippen molar-refractivity contribution in [3.63, 3.8) is 0 Å². The molecule has 3 aromatic rings. The summed E-state index contributed by atoms with van der Waals surface area (Å²) < 4.78 is 36.3. The number of nitrogens with zero attached hydrogens (tertiary/aromatic N) is 5. The van der Waals surface area contributed by atoms with Crippen molar-refractivity contribution in [3.05, 3.63) is 38.5 Å². The molecule has 3 fully saturated rings. The molecule has 0 amide bonds. The van der Waals surface area contributed by atoms with E-state index in [2.05, 4.69) is 26.2 Å². The maximum absolute atomic E-state index is 16.8. The molecule has 4 atom stereocenters. The maximum Gasteiger partial charge on any atom is 0.319 e. The van der Waals surface area contributed by atoms with Gasteiger partial charge in [-0.15, -0.1) is 11.3 Å². The van der Waals surface area contributed by atoms with Crippen LogP contribution in [0.2, 0.25) is 5.02 Å². The highest BCUT2D eigenvalue weighted by Crippen LogP contribution is 2.48. The molecule has 1 aromatic carbocycles. The fourth-order valence-corrected chi connectivity index (χ4v) is 9.24. The normalized spacial score (nSPS) is 24.7. The first-order chi connectivity index (χ1) is 21.9. The van der Waals surface area contributed by atoms with Gasteiger partial charge in [0.25, 0.3) is 0 Å². The molecule has 12 heteroatoms. The van der Waals surface area contributed by atoms with Crippen LogP contribution in [-0.4, -0.2) is 72.5 Å². The number of nitrogen functional groups attached to an aromatic ring is 1. The van der Waals surface area contributed by atoms with Crippen LogP contribution in [0.1, 0.15) is 85.3 Å². The second-order valence-electron chi connectivity index (χ2n) is 13.0. The number of benzene rings is 1. The van der Waals surface area contributed by atoms with Crippen LogP contribution in [0.4, 0.5) is 19.6 Å². The van der Waals surface area contributed by atoms with Gasteiger partial charge in [-0.25, -0.2) is 8.78 Å². The van der Waals surface area contributed by atoms with Gasteiger partial charge in [-0.05, 0) is 69.5 Å². The number of aryl methyl sites for hydroxylation is 1. The molecule has 1 aliphatic carbocycles. The summed E-state index contributed by atoms with van der Waals surface area (Å²) in [5.74, 6) is -0.199. The Morgan fingerprint density at radius 2 is 1.89 bits per heavy atom. The van der Waals surface area contributed by atoms with Crippen LogP contribution in [0.15, 0.2) is 6.07 Å². The zero-order chi connectivity index (χ0) is 31.1. The standard InChI is InChI=1S/C33H40ClF2N7OS/c34-25-14-23-30(29(36)28(25)22-6-5-7-26-27(22)24(15-37)31(38)45-26)40-33(41-32(23)43-17-20-8-9-21(18-43)39-20)44-13-4-2-1-3-11-42-12-10-19(35)16-42/h14,19-22,39H,1-13,16-18,38H2/t19-,20?,21?,22?/m1/s1. The first kappa shape index (κ1) is 30.9. The van der Waals surface area contributed by atoms with Gasteiger partial charge < -0.3 is 25.6 Å². The molecule has 45 heavy (non-hydrogen) atoms. The molecule has 0 saturated carbocycles. The summed E-state index contributed by atoms with van der Waals surface area (Å²) in [7, 11) is 0. The number of nitrogens with one attached hydrogen (secondary N) is 1. The van der Waals surface area contributed by atoms with E-state index in [1.807, 2.05) is 0 Å². The number of fused-ring (bicyclic) bond motifs is 4. The largest absolute Gasteiger partial charge is 0.463 e. The highest BCUT2D eigenvalue weighted by atomic mass is 35.5. The molecule has 240 valence electrons. The van der Waals surface area contributed by atoms with Crippen LogP contribution >= 0.6 is 22.9 Å². The van der Waals surface area contributed by atoms with Gasteiger partial charge in [-0.3, -0.25) is 0 Å². The Balaban J connectivity index is 1.16. The lowest BCUT2D eigenvalue weighted by Gasteiger charge is -2.34. The molecule has 0 spiro atoms. The monoisotopic (exact) mass is 655 g/mol. The van der Waals surface area contributed by atoms with E-state index in [4.69, 9.17) is 27.1 Å². The lowest BCUT2D eigenvalue weighted by Crippen LogP contribution is -2.51. The minimum atomic E-state index is -0.678. The van der Waals surface area contributed by atoms with Crippen molar-refractivity contribution >= 4 is 44.7 Å². The number of nitrogens with two attached hydrogens (primary N) is 1. The zero-order valence-electron chi connectivity index (χ0n) is 25.5. The van der Waals surface area contributed by atoms with Gasteiger partial charge in [0.05, 0.1) is 12.2 Å². The average Bonchev–Trinajstić information content (AvgIpc) is 3.71. The summed E-state index contributed by atoms with van der Waals surface area (Å²) in [5.41, 5.74) is 8.03. The minimum absolute atomic E-state index is 0.170. The molecule has 3 saturated heterocycles. The van der Waals surface area contributed by atoms with Crippen molar-refractivity contribution in [1.29, 1.82) is 5.26 Å². The first-order valence-electron chi connectivity index (χ1n) is 16.4. The molecular weight excluding hydrogens is 616 g/mol. The number of unbranched alkanes of at least 4 members (excludes halogenated alkanes) is 3. The number of hydrogen-bond acceptors (Lipinski definition) is 9. The summed E-state index contributed by atoms with van der Waals surface area (Å²) in [5, 5.41) is 14.9. The number of halogens is 3. The Morgan fingerprint density at radius 3 is 2.64 bits per heavy atom. The van der Waals surface area contributed by atoms with Gasteiger partial charge in [0.1, 0.15) is 28.6 Å². The highest BCUT2D eigenvalue weighted by Gasteiger charge is 2.36. The van der Waals surface area contributed by atoms with E-state index in [1.165, 1.54) is 11.3 Å². The van der Waals surface area contributed by atoms with E-state index in [1.54, 1.807) is 6.07 Å². The summed E-state index contributed by atoms with van der Waals surface area (Å²) >= 11 is 8.36. The van der Waals surface area contributed by atoms with Crippen molar-refractivity contribution in [2.24, 2.45) is 0 Å². The number of likely N-dealkylation sites (tertiary alicyclic amines) is 1. The Kier molecular flexibility index (Phi) is 9.01. The van der Waals surface area contributed by atoms with Crippen LogP contribution in [-0.2, 0) is 6.42 Å². The fourth-order valence-electron chi connectivity index (χ4n) is 7.79. The van der Waals surface area contributed by atoms with Gasteiger partial charge in [-0.2, -0.15) is 15.2 Å². The molecule has 7 rings (SSSR count). The molecule has 8 nitrogen and oxygen atoms in total. The predicted octanol–water partition coefficient (Wildman–Crippen LogP) is 6.33. The lowest BCUT2D eigenvalue weighted by atomic mass is 9.80. The third-order valence-electron chi connectivity index (χ3n) is 9.96. The SMILES string of the molecule is N#Cc1c(N)sc2c1C(c1c(Cl)cc3c(N4CC5CCC(C4)N5)nc(OCCCCCCN4CC[C@@H](F)C4)nc3c1F)CCC2. The average molecular weight is 656 g/mol. The van der Waals surface area contributed by atoms with E-state index in [0.29, 0.717) is 70.4 Å². The van der Waals surface area contributed by atoms with Crippen LogP contribution in [0.3, 0.4) is 0 Å². The smallest absolute Gasteiger partial charge is 0.319 e. The molecule has 3 unspecified atom stereocenters. The molecule has 0 radical (unpaired) electrons. The second kappa shape index (κ2) is 13.1. The van der Waals surface area contributed by atoms with Gasteiger partial charge in [0.15, 0.2) is 5.82 Å². The van der Waals surface area contributed by atoms with Crippen molar-refractivity contribution in [2.75, 3.05) is 50.0 Å². The Hall–Kier alpha value is -2.78. The third-order valence-corrected chi connectivity index (χ3v) is 11.4. The number of anilines is 2. The van der Waals surface area contributed by atoms with Gasteiger partial charge in [0.2, 0.25) is 0 Å². The third kappa shape index (κ3) is 6.19. The first-order valence-corrected chi connectivity index (χ1v) is 17.6. The summed E-state index contributed by atoms with van der Waals surface area (Å²) in [6.45, 7) is 4.33. The summed E-state index contributed by atoms with van der Waals surface area (Å²) in [4.78, 5) is 14.9. The van der Waals surface area contributed by atoms with Gasteiger partial charge in [-0.1, -0.05) is 24.4 Å². The zero-order valence-corrected chi connectivity index (χ0v) is 27.0. The number of aromatic nitrogens is 2. The van der Waals surface area contributed by atoms with Crippen LogP contribution in [0, 0.1) is 17.1 Å². The van der Waals surface area contributed by atoms with Crippen molar-refractivity contribution < 1.29 is 13.5 Å². The molecule has 2 aromatic heterocycles. The molecule has 4 aliphatic rings. The van der Waals surface area contributed by atoms with Gasteiger partial charge >= 0.3 is 6.01 Å². The van der Waals surface area contributed by atoms with Gasteiger partial charge in [0, 0.05) is 65.0 Å². The maximum atomic E-state index is 16.8. The molecule has 3 aliphatic heterocycles. The van der Waals surface area contributed by atoms with Crippen LogP contribution < -0.4 is 20.7 Å². The summed E-state index contributed by atoms with van der Waals surface area (Å²) in [6.07, 6.45) is 8.43. The van der Waals surface area contributed by atoms with Crippen LogP contribution in [0.5, 0.6) is 6.01 Å². The van der Waals surface area contributed by atoms with Crippen molar-refractivity contribution in [3.8, 4) is 12.1 Å². The van der Waals surface area contributed by atoms with Crippen molar-refractivity contribution in [1.82, 2.24) is 20.2 Å².